The lowest BCUT2D eigenvalue weighted by atomic mass is 9.93. The van der Waals surface area contributed by atoms with Gasteiger partial charge < -0.3 is 15.7 Å². The van der Waals surface area contributed by atoms with Crippen molar-refractivity contribution in [3.8, 4) is 0 Å². The summed E-state index contributed by atoms with van der Waals surface area (Å²) in [6.07, 6.45) is 6.28. The van der Waals surface area contributed by atoms with Crippen molar-refractivity contribution in [2.45, 2.75) is 77.6 Å². The Morgan fingerprint density at radius 3 is 2.38 bits per heavy atom. The molecule has 2 fully saturated rings. The van der Waals surface area contributed by atoms with Gasteiger partial charge in [0.2, 0.25) is 0 Å². The zero-order valence-corrected chi connectivity index (χ0v) is 20.4. The monoisotopic (exact) mass is 514 g/mol. The summed E-state index contributed by atoms with van der Waals surface area (Å²) < 4.78 is 0. The van der Waals surface area contributed by atoms with Gasteiger partial charge in [0.1, 0.15) is 0 Å². The van der Waals surface area contributed by atoms with E-state index in [1.807, 2.05) is 0 Å². The fourth-order valence-electron chi connectivity index (χ4n) is 4.22. The lowest BCUT2D eigenvalue weighted by molar-refractivity contribution is 0.120. The molecule has 0 bridgehead atoms. The number of halogens is 1. The molecule has 0 atom stereocenters. The maximum absolute atomic E-state index is 9.72. The van der Waals surface area contributed by atoms with Gasteiger partial charge in [0, 0.05) is 19.1 Å². The average molecular weight is 514 g/mol. The maximum Gasteiger partial charge on any atom is 0.191 e. The number of rotatable bonds is 6. The molecule has 3 N–H and O–H groups in total. The first kappa shape index (κ1) is 24.4. The van der Waals surface area contributed by atoms with Crippen LogP contribution in [0.1, 0.15) is 63.5 Å². The molecule has 1 aliphatic heterocycles. The maximum atomic E-state index is 9.72. The molecule has 3 rings (SSSR count). The molecule has 6 heteroatoms. The Morgan fingerprint density at radius 2 is 1.72 bits per heavy atom. The number of nitrogens with zero attached hydrogens (tertiary/aromatic N) is 2. The molecule has 1 saturated heterocycles. The summed E-state index contributed by atoms with van der Waals surface area (Å²) in [5.41, 5.74) is 2.72. The minimum Gasteiger partial charge on any atom is -0.393 e. The van der Waals surface area contributed by atoms with Crippen molar-refractivity contribution >= 4 is 29.9 Å². The zero-order valence-electron chi connectivity index (χ0n) is 18.1. The number of guanidine groups is 1. The van der Waals surface area contributed by atoms with Crippen LogP contribution in [0.5, 0.6) is 0 Å². The van der Waals surface area contributed by atoms with Crippen molar-refractivity contribution in [3.05, 3.63) is 35.4 Å². The predicted octanol–water partition coefficient (Wildman–Crippen LogP) is 3.90. The van der Waals surface area contributed by atoms with Crippen molar-refractivity contribution in [1.29, 1.82) is 0 Å². The molecular formula is C23H39IN4O. The number of likely N-dealkylation sites (tertiary alicyclic amines) is 1. The highest BCUT2D eigenvalue weighted by Crippen LogP contribution is 2.20. The molecule has 1 saturated carbocycles. The number of nitrogens with one attached hydrogen (secondary N) is 2. The van der Waals surface area contributed by atoms with E-state index < -0.39 is 0 Å². The summed E-state index contributed by atoms with van der Waals surface area (Å²) in [5, 5.41) is 16.7. The first-order valence-corrected chi connectivity index (χ1v) is 11.2. The molecule has 164 valence electrons. The Kier molecular flexibility index (Phi) is 10.7. The number of hydrogen-bond donors (Lipinski definition) is 3. The van der Waals surface area contributed by atoms with Crippen LogP contribution in [0, 0.1) is 5.92 Å². The van der Waals surface area contributed by atoms with Gasteiger partial charge in [-0.3, -0.25) is 4.90 Å². The second-order valence-corrected chi connectivity index (χ2v) is 8.57. The van der Waals surface area contributed by atoms with Gasteiger partial charge in [-0.15, -0.1) is 24.0 Å². The summed E-state index contributed by atoms with van der Waals surface area (Å²) in [7, 11) is 0. The molecule has 2 aliphatic rings. The van der Waals surface area contributed by atoms with Gasteiger partial charge in [-0.1, -0.05) is 31.2 Å². The number of piperidine rings is 1. The lowest BCUT2D eigenvalue weighted by Gasteiger charge is -2.30. The quantitative estimate of drug-likeness (QED) is 0.306. The summed E-state index contributed by atoms with van der Waals surface area (Å²) in [4.78, 5) is 7.46. The van der Waals surface area contributed by atoms with Crippen LogP contribution in [0.2, 0.25) is 0 Å². The van der Waals surface area contributed by atoms with E-state index >= 15 is 0 Å². The summed E-state index contributed by atoms with van der Waals surface area (Å²) >= 11 is 0. The number of aliphatic hydroxyl groups is 1. The second-order valence-electron chi connectivity index (χ2n) is 8.57. The van der Waals surface area contributed by atoms with Crippen molar-refractivity contribution in [3.63, 3.8) is 0 Å². The van der Waals surface area contributed by atoms with Gasteiger partial charge in [-0.2, -0.15) is 0 Å². The van der Waals surface area contributed by atoms with Crippen LogP contribution in [-0.4, -0.2) is 47.7 Å². The number of benzene rings is 1. The average Bonchev–Trinajstić information content (AvgIpc) is 2.71. The lowest BCUT2D eigenvalue weighted by Crippen LogP contribution is -2.45. The van der Waals surface area contributed by atoms with E-state index in [1.165, 1.54) is 37.1 Å². The van der Waals surface area contributed by atoms with Gasteiger partial charge in [-0.05, 0) is 75.6 Å². The first-order chi connectivity index (χ1) is 13.6. The van der Waals surface area contributed by atoms with Gasteiger partial charge >= 0.3 is 0 Å². The molecule has 1 aromatic rings. The Balaban J connectivity index is 0.00000300. The van der Waals surface area contributed by atoms with Crippen molar-refractivity contribution in [1.82, 2.24) is 15.5 Å². The van der Waals surface area contributed by atoms with E-state index in [-0.39, 0.29) is 30.1 Å². The molecule has 0 radical (unpaired) electrons. The number of hydrogen-bond acceptors (Lipinski definition) is 3. The van der Waals surface area contributed by atoms with Crippen molar-refractivity contribution in [2.24, 2.45) is 10.9 Å². The van der Waals surface area contributed by atoms with Crippen LogP contribution in [0.15, 0.2) is 29.3 Å². The van der Waals surface area contributed by atoms with Crippen molar-refractivity contribution in [2.75, 3.05) is 19.6 Å². The van der Waals surface area contributed by atoms with E-state index in [2.05, 4.69) is 53.6 Å². The van der Waals surface area contributed by atoms with Gasteiger partial charge in [0.25, 0.3) is 0 Å². The minimum atomic E-state index is -0.123. The van der Waals surface area contributed by atoms with E-state index in [0.29, 0.717) is 12.6 Å². The van der Waals surface area contributed by atoms with Crippen LogP contribution in [0.4, 0.5) is 0 Å². The van der Waals surface area contributed by atoms with Crippen LogP contribution < -0.4 is 10.6 Å². The third-order valence-electron chi connectivity index (χ3n) is 6.18. The second kappa shape index (κ2) is 12.7. The largest absolute Gasteiger partial charge is 0.393 e. The topological polar surface area (TPSA) is 59.9 Å². The standard InChI is InChI=1S/C23H38N4O.HI/c1-3-24-23(26-21-8-10-22(28)11-9-21)25-16-19-6-4-5-7-20(19)17-27-14-12-18(2)13-15-27;/h4-7,18,21-22,28H,3,8-17H2,1-2H3,(H2,24,25,26);1H. The number of aliphatic imine (C=N–C) groups is 1. The first-order valence-electron chi connectivity index (χ1n) is 11.2. The molecule has 0 aromatic heterocycles. The van der Waals surface area contributed by atoms with E-state index in [9.17, 15) is 5.11 Å². The van der Waals surface area contributed by atoms with E-state index in [1.54, 1.807) is 0 Å². The predicted molar refractivity (Wildman–Crippen MR) is 132 cm³/mol. The Labute approximate surface area is 193 Å². The third kappa shape index (κ3) is 8.06. The van der Waals surface area contributed by atoms with Crippen LogP contribution >= 0.6 is 24.0 Å². The molecule has 0 spiro atoms. The fourth-order valence-corrected chi connectivity index (χ4v) is 4.22. The SMILES string of the molecule is CCNC(=NCc1ccccc1CN1CCC(C)CC1)NC1CCC(O)CC1.I. The summed E-state index contributed by atoms with van der Waals surface area (Å²) in [6.45, 7) is 9.46. The fraction of sp³-hybridized carbons (Fsp3) is 0.696. The van der Waals surface area contributed by atoms with Crippen molar-refractivity contribution < 1.29 is 5.11 Å². The molecule has 1 aliphatic carbocycles. The zero-order chi connectivity index (χ0) is 19.8. The van der Waals surface area contributed by atoms with Crippen LogP contribution in [-0.2, 0) is 13.1 Å². The van der Waals surface area contributed by atoms with Crippen LogP contribution in [0.3, 0.4) is 0 Å². The summed E-state index contributed by atoms with van der Waals surface area (Å²) in [6, 6.07) is 9.14. The highest BCUT2D eigenvalue weighted by molar-refractivity contribution is 14.0. The van der Waals surface area contributed by atoms with E-state index in [0.717, 1.165) is 50.7 Å². The Morgan fingerprint density at radius 1 is 1.07 bits per heavy atom. The molecule has 0 amide bonds. The van der Waals surface area contributed by atoms with Gasteiger partial charge in [0.05, 0.1) is 12.6 Å². The van der Waals surface area contributed by atoms with Gasteiger partial charge in [-0.25, -0.2) is 4.99 Å². The molecule has 29 heavy (non-hydrogen) atoms. The minimum absolute atomic E-state index is 0. The molecule has 5 nitrogen and oxygen atoms in total. The summed E-state index contributed by atoms with van der Waals surface area (Å²) in [5.74, 6) is 1.76. The number of aliphatic hydroxyl groups excluding tert-OH is 1. The normalized spacial score (nSPS) is 24.0. The van der Waals surface area contributed by atoms with Crippen LogP contribution in [0.25, 0.3) is 0 Å². The smallest absolute Gasteiger partial charge is 0.191 e. The highest BCUT2D eigenvalue weighted by atomic mass is 127. The molecule has 1 aromatic carbocycles. The Bertz CT molecular complexity index is 623. The third-order valence-corrected chi connectivity index (χ3v) is 6.18. The van der Waals surface area contributed by atoms with Gasteiger partial charge in [0.15, 0.2) is 5.96 Å². The molecule has 0 unspecified atom stereocenters. The molecule has 1 heterocycles. The van der Waals surface area contributed by atoms with E-state index in [4.69, 9.17) is 4.99 Å². The molecular weight excluding hydrogens is 475 g/mol. The Hall–Kier alpha value is -0.860. The highest BCUT2D eigenvalue weighted by Gasteiger charge is 2.20.